The minimum Gasteiger partial charge on any atom is -0.506 e. The van der Waals surface area contributed by atoms with Gasteiger partial charge >= 0.3 is 0 Å². The molecule has 0 aromatic heterocycles. The Morgan fingerprint density at radius 1 is 0.552 bits per heavy atom. The Morgan fingerprint density at radius 2 is 1.14 bits per heavy atom. The van der Waals surface area contributed by atoms with Gasteiger partial charge in [0, 0.05) is 11.1 Å². The maximum Gasteiger partial charge on any atom is 0.139 e. The highest BCUT2D eigenvalue weighted by atomic mass is 16.3. The van der Waals surface area contributed by atoms with Crippen LogP contribution in [0.25, 0.3) is 33.4 Å². The summed E-state index contributed by atoms with van der Waals surface area (Å²) in [6.07, 6.45) is 0.766. The zero-order valence-electron chi connectivity index (χ0n) is 15.7. The third kappa shape index (κ3) is 2.53. The fraction of sp³-hybridized carbons (Fsp3) is 0.0400. The number of phenolic OH excluding ortho intramolecular Hbond substituents is 2. The van der Waals surface area contributed by atoms with Crippen molar-refractivity contribution < 1.29 is 10.2 Å². The van der Waals surface area contributed by atoms with Crippen LogP contribution in [-0.4, -0.2) is 10.2 Å². The van der Waals surface area contributed by atoms with Gasteiger partial charge in [0.2, 0.25) is 0 Å². The van der Waals surface area contributed by atoms with Crippen molar-refractivity contribution in [3.63, 3.8) is 0 Å². The Kier molecular flexibility index (Phi) is 3.74. The Bertz CT molecular complexity index is 1280. The van der Waals surface area contributed by atoms with Crippen LogP contribution < -0.4 is 11.5 Å². The lowest BCUT2D eigenvalue weighted by Gasteiger charge is -2.19. The van der Waals surface area contributed by atoms with Crippen molar-refractivity contribution in [3.8, 4) is 44.9 Å². The molecule has 0 saturated heterocycles. The highest BCUT2D eigenvalue weighted by molar-refractivity contribution is 5.99. The number of aromatic hydroxyl groups is 2. The molecule has 0 unspecified atom stereocenters. The lowest BCUT2D eigenvalue weighted by atomic mass is 9.86. The van der Waals surface area contributed by atoms with Crippen molar-refractivity contribution in [1.82, 2.24) is 0 Å². The summed E-state index contributed by atoms with van der Waals surface area (Å²) in [7, 11) is 0. The maximum atomic E-state index is 10.3. The summed E-state index contributed by atoms with van der Waals surface area (Å²) in [5.74, 6) is 0.0894. The van der Waals surface area contributed by atoms with Crippen LogP contribution in [0.4, 0.5) is 11.4 Å². The van der Waals surface area contributed by atoms with E-state index >= 15 is 0 Å². The van der Waals surface area contributed by atoms with Gasteiger partial charge in [-0.25, -0.2) is 0 Å². The number of rotatable bonds is 2. The van der Waals surface area contributed by atoms with Crippen molar-refractivity contribution in [3.05, 3.63) is 83.9 Å². The van der Waals surface area contributed by atoms with E-state index < -0.39 is 0 Å². The molecule has 4 heteroatoms. The van der Waals surface area contributed by atoms with E-state index in [0.29, 0.717) is 11.4 Å². The van der Waals surface area contributed by atoms with Crippen LogP contribution in [0.3, 0.4) is 0 Å². The van der Waals surface area contributed by atoms with Gasteiger partial charge in [0.1, 0.15) is 11.5 Å². The number of benzene rings is 4. The molecule has 1 aliphatic rings. The minimum absolute atomic E-state index is 0.0427. The number of hydrogen-bond donors (Lipinski definition) is 4. The SMILES string of the molecule is Nc1c(O)cccc1-c1ccc2c(c1-c1cccc(O)c1N)Cc1ccccc1-2. The Labute approximate surface area is 168 Å². The van der Waals surface area contributed by atoms with Crippen molar-refractivity contribution in [2.75, 3.05) is 11.5 Å². The van der Waals surface area contributed by atoms with Crippen molar-refractivity contribution in [2.45, 2.75) is 6.42 Å². The lowest BCUT2D eigenvalue weighted by molar-refractivity contribution is 0.477. The predicted octanol–water partition coefficient (Wildman–Crippen LogP) is 5.17. The van der Waals surface area contributed by atoms with E-state index in [1.807, 2.05) is 30.3 Å². The summed E-state index contributed by atoms with van der Waals surface area (Å²) in [6.45, 7) is 0. The molecule has 0 bridgehead atoms. The standard InChI is InChI=1S/C25H20N2O2/c26-24-18(7-3-9-21(24)28)17-12-11-16-15-6-2-1-5-14(15)13-20(16)23(17)19-8-4-10-22(29)25(19)27/h1-12,28-29H,13,26-27H2. The summed E-state index contributed by atoms with van der Waals surface area (Å²) in [5.41, 5.74) is 21.2. The van der Waals surface area contributed by atoms with E-state index in [9.17, 15) is 10.2 Å². The number of phenols is 2. The van der Waals surface area contributed by atoms with Gasteiger partial charge in [-0.2, -0.15) is 0 Å². The molecule has 0 heterocycles. The molecule has 142 valence electrons. The van der Waals surface area contributed by atoms with Crippen LogP contribution >= 0.6 is 0 Å². The molecule has 4 aromatic rings. The average Bonchev–Trinajstić information content (AvgIpc) is 3.10. The molecule has 6 N–H and O–H groups in total. The number of para-hydroxylation sites is 2. The molecule has 0 spiro atoms. The number of nitrogen functional groups attached to an aromatic ring is 2. The van der Waals surface area contributed by atoms with Gasteiger partial charge in [0.25, 0.3) is 0 Å². The highest BCUT2D eigenvalue weighted by Gasteiger charge is 2.26. The van der Waals surface area contributed by atoms with E-state index in [4.69, 9.17) is 11.5 Å². The van der Waals surface area contributed by atoms with Crippen LogP contribution in [0.1, 0.15) is 11.1 Å². The summed E-state index contributed by atoms with van der Waals surface area (Å²) in [4.78, 5) is 0. The van der Waals surface area contributed by atoms with Gasteiger partial charge in [-0.3, -0.25) is 0 Å². The van der Waals surface area contributed by atoms with Gasteiger partial charge in [0.05, 0.1) is 11.4 Å². The number of anilines is 2. The molecule has 0 aliphatic heterocycles. The van der Waals surface area contributed by atoms with Gasteiger partial charge < -0.3 is 21.7 Å². The average molecular weight is 380 g/mol. The molecule has 1 aliphatic carbocycles. The maximum absolute atomic E-state index is 10.3. The first-order valence-corrected chi connectivity index (χ1v) is 9.46. The van der Waals surface area contributed by atoms with Crippen LogP contribution in [0.5, 0.6) is 11.5 Å². The van der Waals surface area contributed by atoms with E-state index in [0.717, 1.165) is 39.8 Å². The second-order valence-electron chi connectivity index (χ2n) is 7.32. The fourth-order valence-corrected chi connectivity index (χ4v) is 4.30. The second-order valence-corrected chi connectivity index (χ2v) is 7.32. The van der Waals surface area contributed by atoms with E-state index in [1.165, 1.54) is 11.1 Å². The van der Waals surface area contributed by atoms with Crippen molar-refractivity contribution in [2.24, 2.45) is 0 Å². The zero-order valence-corrected chi connectivity index (χ0v) is 15.7. The molecule has 0 fully saturated rings. The van der Waals surface area contributed by atoms with Crippen LogP contribution in [0.15, 0.2) is 72.8 Å². The zero-order chi connectivity index (χ0) is 20.1. The third-order valence-corrected chi connectivity index (χ3v) is 5.71. The van der Waals surface area contributed by atoms with Crippen LogP contribution in [-0.2, 0) is 6.42 Å². The molecule has 0 atom stereocenters. The first-order chi connectivity index (χ1) is 14.1. The normalized spacial score (nSPS) is 11.9. The quantitative estimate of drug-likeness (QED) is 0.251. The molecule has 0 saturated carbocycles. The predicted molar refractivity (Wildman–Crippen MR) is 118 cm³/mol. The summed E-state index contributed by atoms with van der Waals surface area (Å²) < 4.78 is 0. The van der Waals surface area contributed by atoms with Crippen LogP contribution in [0.2, 0.25) is 0 Å². The highest BCUT2D eigenvalue weighted by Crippen LogP contribution is 2.49. The third-order valence-electron chi connectivity index (χ3n) is 5.71. The van der Waals surface area contributed by atoms with E-state index in [-0.39, 0.29) is 11.5 Å². The van der Waals surface area contributed by atoms with E-state index in [1.54, 1.807) is 24.3 Å². The van der Waals surface area contributed by atoms with Crippen LogP contribution in [0, 0.1) is 0 Å². The first kappa shape index (κ1) is 17.2. The van der Waals surface area contributed by atoms with E-state index in [2.05, 4.69) is 18.2 Å². The molecule has 4 aromatic carbocycles. The second kappa shape index (κ2) is 6.31. The summed E-state index contributed by atoms with van der Waals surface area (Å²) >= 11 is 0. The lowest BCUT2D eigenvalue weighted by Crippen LogP contribution is -1.99. The topological polar surface area (TPSA) is 92.5 Å². The van der Waals surface area contributed by atoms with Crippen molar-refractivity contribution >= 4 is 11.4 Å². The van der Waals surface area contributed by atoms with Gasteiger partial charge in [0.15, 0.2) is 0 Å². The molecule has 4 nitrogen and oxygen atoms in total. The van der Waals surface area contributed by atoms with Gasteiger partial charge in [-0.05, 0) is 51.9 Å². The largest absolute Gasteiger partial charge is 0.506 e. The molecule has 5 rings (SSSR count). The molecule has 0 amide bonds. The number of nitrogens with two attached hydrogens (primary N) is 2. The minimum atomic E-state index is 0.0427. The fourth-order valence-electron chi connectivity index (χ4n) is 4.30. The Morgan fingerprint density at radius 3 is 1.90 bits per heavy atom. The van der Waals surface area contributed by atoms with Crippen molar-refractivity contribution in [1.29, 1.82) is 0 Å². The Hall–Kier alpha value is -3.92. The summed E-state index contributed by atoms with van der Waals surface area (Å²) in [5, 5.41) is 20.4. The molecular formula is C25H20N2O2. The molecular weight excluding hydrogens is 360 g/mol. The molecule has 29 heavy (non-hydrogen) atoms. The number of fused-ring (bicyclic) bond motifs is 3. The molecule has 0 radical (unpaired) electrons. The first-order valence-electron chi connectivity index (χ1n) is 9.46. The smallest absolute Gasteiger partial charge is 0.139 e. The monoisotopic (exact) mass is 380 g/mol. The summed E-state index contributed by atoms with van der Waals surface area (Å²) in [6, 6.07) is 23.0. The van der Waals surface area contributed by atoms with Gasteiger partial charge in [-0.1, -0.05) is 60.7 Å². The van der Waals surface area contributed by atoms with Gasteiger partial charge in [-0.15, -0.1) is 0 Å². The number of hydrogen-bond acceptors (Lipinski definition) is 4. The Balaban J connectivity index is 1.87.